The summed E-state index contributed by atoms with van der Waals surface area (Å²) >= 11 is 0. The van der Waals surface area contributed by atoms with Crippen molar-refractivity contribution >= 4 is 11.4 Å². The van der Waals surface area contributed by atoms with Gasteiger partial charge in [0, 0.05) is 12.4 Å². The van der Waals surface area contributed by atoms with Gasteiger partial charge in [-0.15, -0.1) is 0 Å². The molecule has 6 nitrogen and oxygen atoms in total. The summed E-state index contributed by atoms with van der Waals surface area (Å²) < 4.78 is 0. The number of rotatable bonds is 4. The van der Waals surface area contributed by atoms with Crippen LogP contribution in [0.2, 0.25) is 0 Å². The minimum Gasteiger partial charge on any atom is -0.373 e. The first kappa shape index (κ1) is 13.5. The van der Waals surface area contributed by atoms with E-state index in [-0.39, 0.29) is 17.3 Å². The number of aromatic nitrogens is 1. The van der Waals surface area contributed by atoms with E-state index in [0.29, 0.717) is 5.69 Å². The molecular weight excluding hydrogens is 256 g/mol. The highest BCUT2D eigenvalue weighted by Crippen LogP contribution is 2.30. The minimum atomic E-state index is -0.545. The lowest BCUT2D eigenvalue weighted by atomic mass is 10.1. The van der Waals surface area contributed by atoms with Gasteiger partial charge in [-0.2, -0.15) is 5.26 Å². The van der Waals surface area contributed by atoms with Crippen LogP contribution in [0.1, 0.15) is 24.1 Å². The van der Waals surface area contributed by atoms with Crippen LogP contribution in [-0.2, 0) is 0 Å². The summed E-state index contributed by atoms with van der Waals surface area (Å²) in [7, 11) is 0. The number of nitrogens with zero attached hydrogens (tertiary/aromatic N) is 3. The van der Waals surface area contributed by atoms with Crippen molar-refractivity contribution in [1.82, 2.24) is 4.98 Å². The highest BCUT2D eigenvalue weighted by molar-refractivity contribution is 5.69. The van der Waals surface area contributed by atoms with E-state index < -0.39 is 4.92 Å². The van der Waals surface area contributed by atoms with E-state index in [1.54, 1.807) is 30.6 Å². The fourth-order valence-electron chi connectivity index (χ4n) is 1.90. The number of para-hydroxylation sites is 1. The molecule has 0 saturated carbocycles. The molecule has 0 aliphatic rings. The zero-order valence-electron chi connectivity index (χ0n) is 10.8. The number of nitro groups is 1. The second-order valence-corrected chi connectivity index (χ2v) is 4.22. The van der Waals surface area contributed by atoms with Gasteiger partial charge in [0.2, 0.25) is 0 Å². The van der Waals surface area contributed by atoms with E-state index in [0.717, 1.165) is 5.56 Å². The molecule has 2 aromatic rings. The van der Waals surface area contributed by atoms with E-state index in [1.807, 2.05) is 19.1 Å². The van der Waals surface area contributed by atoms with Gasteiger partial charge in [0.15, 0.2) is 0 Å². The molecule has 0 spiro atoms. The molecule has 1 aromatic heterocycles. The normalized spacial score (nSPS) is 11.4. The first-order valence-corrected chi connectivity index (χ1v) is 5.97. The highest BCUT2D eigenvalue weighted by atomic mass is 16.6. The summed E-state index contributed by atoms with van der Waals surface area (Å²) in [6.45, 7) is 1.87. The van der Waals surface area contributed by atoms with Crippen LogP contribution in [0.25, 0.3) is 0 Å². The van der Waals surface area contributed by atoms with E-state index in [1.165, 1.54) is 6.07 Å². The standard InChI is InChI=1S/C14H12N4O2/c1-10(12-5-3-7-16-9-12)17-13-6-2-4-11(8-15)14(13)18(19)20/h2-7,9-10,17H,1H3. The maximum Gasteiger partial charge on any atom is 0.309 e. The van der Waals surface area contributed by atoms with Gasteiger partial charge < -0.3 is 5.32 Å². The van der Waals surface area contributed by atoms with Crippen molar-refractivity contribution in [1.29, 1.82) is 5.26 Å². The number of pyridine rings is 1. The molecular formula is C14H12N4O2. The third-order valence-corrected chi connectivity index (χ3v) is 2.90. The molecule has 0 radical (unpaired) electrons. The molecule has 20 heavy (non-hydrogen) atoms. The van der Waals surface area contributed by atoms with E-state index in [4.69, 9.17) is 5.26 Å². The molecule has 0 amide bonds. The molecule has 0 aliphatic heterocycles. The lowest BCUT2D eigenvalue weighted by molar-refractivity contribution is -0.384. The second-order valence-electron chi connectivity index (χ2n) is 4.22. The number of nitrogens with one attached hydrogen (secondary N) is 1. The van der Waals surface area contributed by atoms with Crippen LogP contribution in [0.4, 0.5) is 11.4 Å². The Bertz CT molecular complexity index is 665. The summed E-state index contributed by atoms with van der Waals surface area (Å²) in [4.78, 5) is 14.6. The summed E-state index contributed by atoms with van der Waals surface area (Å²) in [6.07, 6.45) is 3.35. The van der Waals surface area contributed by atoms with Crippen LogP contribution < -0.4 is 5.32 Å². The van der Waals surface area contributed by atoms with Gasteiger partial charge in [0.1, 0.15) is 17.3 Å². The number of anilines is 1. The summed E-state index contributed by atoms with van der Waals surface area (Å²) in [5.41, 5.74) is 1.07. The van der Waals surface area contributed by atoms with E-state index >= 15 is 0 Å². The fraction of sp³-hybridized carbons (Fsp3) is 0.143. The van der Waals surface area contributed by atoms with Crippen molar-refractivity contribution in [2.24, 2.45) is 0 Å². The molecule has 1 N–H and O–H groups in total. The first-order valence-electron chi connectivity index (χ1n) is 5.97. The zero-order chi connectivity index (χ0) is 14.5. The molecule has 0 aliphatic carbocycles. The zero-order valence-corrected chi connectivity index (χ0v) is 10.8. The number of nitriles is 1. The van der Waals surface area contributed by atoms with Crippen LogP contribution >= 0.6 is 0 Å². The Hall–Kier alpha value is -2.94. The average Bonchev–Trinajstić information content (AvgIpc) is 2.47. The molecule has 0 bridgehead atoms. The quantitative estimate of drug-likeness (QED) is 0.679. The second kappa shape index (κ2) is 5.80. The number of hydrogen-bond donors (Lipinski definition) is 1. The largest absolute Gasteiger partial charge is 0.373 e. The third kappa shape index (κ3) is 2.72. The highest BCUT2D eigenvalue weighted by Gasteiger charge is 2.20. The predicted molar refractivity (Wildman–Crippen MR) is 74.1 cm³/mol. The van der Waals surface area contributed by atoms with E-state index in [2.05, 4.69) is 10.3 Å². The Morgan fingerprint density at radius 1 is 1.40 bits per heavy atom. The van der Waals surface area contributed by atoms with Gasteiger partial charge in [0.25, 0.3) is 0 Å². The Kier molecular flexibility index (Phi) is 3.91. The van der Waals surface area contributed by atoms with Crippen molar-refractivity contribution in [2.75, 3.05) is 5.32 Å². The molecule has 1 atom stereocenters. The van der Waals surface area contributed by atoms with Gasteiger partial charge in [-0.3, -0.25) is 15.1 Å². The number of nitro benzene ring substituents is 1. The minimum absolute atomic E-state index is 0.0402. The molecule has 2 rings (SSSR count). The van der Waals surface area contributed by atoms with Crippen LogP contribution in [0.3, 0.4) is 0 Å². The lowest BCUT2D eigenvalue weighted by Gasteiger charge is -2.15. The Labute approximate surface area is 115 Å². The lowest BCUT2D eigenvalue weighted by Crippen LogP contribution is -2.09. The number of hydrogen-bond acceptors (Lipinski definition) is 5. The van der Waals surface area contributed by atoms with Crippen molar-refractivity contribution in [3.8, 4) is 6.07 Å². The van der Waals surface area contributed by atoms with Gasteiger partial charge >= 0.3 is 5.69 Å². The van der Waals surface area contributed by atoms with Crippen molar-refractivity contribution in [3.63, 3.8) is 0 Å². The fourth-order valence-corrected chi connectivity index (χ4v) is 1.90. The maximum absolute atomic E-state index is 11.1. The van der Waals surface area contributed by atoms with Crippen molar-refractivity contribution < 1.29 is 4.92 Å². The first-order chi connectivity index (χ1) is 9.63. The Balaban J connectivity index is 2.35. The van der Waals surface area contributed by atoms with Crippen LogP contribution in [0.5, 0.6) is 0 Å². The number of benzene rings is 1. The van der Waals surface area contributed by atoms with Gasteiger partial charge in [-0.05, 0) is 30.7 Å². The van der Waals surface area contributed by atoms with Gasteiger partial charge in [-0.25, -0.2) is 0 Å². The third-order valence-electron chi connectivity index (χ3n) is 2.90. The van der Waals surface area contributed by atoms with Gasteiger partial charge in [0.05, 0.1) is 11.0 Å². The van der Waals surface area contributed by atoms with Crippen LogP contribution in [0, 0.1) is 21.4 Å². The average molecular weight is 268 g/mol. The topological polar surface area (TPSA) is 91.8 Å². The Morgan fingerprint density at radius 3 is 2.80 bits per heavy atom. The predicted octanol–water partition coefficient (Wildman–Crippen LogP) is 3.03. The molecule has 1 unspecified atom stereocenters. The molecule has 100 valence electrons. The summed E-state index contributed by atoms with van der Waals surface area (Å²) in [6, 6.07) is 9.99. The maximum atomic E-state index is 11.1. The van der Waals surface area contributed by atoms with Crippen molar-refractivity contribution in [3.05, 3.63) is 64.0 Å². The van der Waals surface area contributed by atoms with Crippen molar-refractivity contribution in [2.45, 2.75) is 13.0 Å². The molecule has 1 heterocycles. The molecule has 0 saturated heterocycles. The van der Waals surface area contributed by atoms with Crippen LogP contribution in [-0.4, -0.2) is 9.91 Å². The summed E-state index contributed by atoms with van der Waals surface area (Å²) in [5.74, 6) is 0. The molecule has 0 fully saturated rings. The van der Waals surface area contributed by atoms with E-state index in [9.17, 15) is 10.1 Å². The SMILES string of the molecule is CC(Nc1cccc(C#N)c1[N+](=O)[O-])c1cccnc1. The Morgan fingerprint density at radius 2 is 2.20 bits per heavy atom. The molecule has 1 aromatic carbocycles. The van der Waals surface area contributed by atoms with Crippen LogP contribution in [0.15, 0.2) is 42.7 Å². The monoisotopic (exact) mass is 268 g/mol. The smallest absolute Gasteiger partial charge is 0.309 e. The summed E-state index contributed by atoms with van der Waals surface area (Å²) in [5, 5.41) is 23.1. The molecule has 6 heteroatoms. The van der Waals surface area contributed by atoms with Gasteiger partial charge in [-0.1, -0.05) is 12.1 Å².